The molecule has 0 aliphatic heterocycles. The molecule has 108 valence electrons. The lowest BCUT2D eigenvalue weighted by molar-refractivity contribution is 0.555. The van der Waals surface area contributed by atoms with Crippen molar-refractivity contribution >= 4 is 21.9 Å². The maximum Gasteiger partial charge on any atom is 0.226 e. The van der Waals surface area contributed by atoms with Crippen LogP contribution in [0.4, 0.5) is 5.95 Å². The zero-order chi connectivity index (χ0) is 14.4. The molecule has 0 spiro atoms. The third-order valence-corrected chi connectivity index (χ3v) is 3.77. The average Bonchev–Trinajstić information content (AvgIpc) is 2.38. The third-order valence-electron chi connectivity index (χ3n) is 3.42. The van der Waals surface area contributed by atoms with E-state index in [9.17, 15) is 0 Å². The van der Waals surface area contributed by atoms with Gasteiger partial charge in [-0.25, -0.2) is 9.97 Å². The minimum absolute atomic E-state index is 0.438. The van der Waals surface area contributed by atoms with Gasteiger partial charge >= 0.3 is 0 Å². The van der Waals surface area contributed by atoms with Crippen molar-refractivity contribution in [3.05, 3.63) is 17.5 Å². The Balaban J connectivity index is 3.14. The number of rotatable bonds is 7. The van der Waals surface area contributed by atoms with E-state index in [-0.39, 0.29) is 0 Å². The molecule has 0 saturated heterocycles. The van der Waals surface area contributed by atoms with E-state index in [4.69, 9.17) is 4.98 Å². The largest absolute Gasteiger partial charge is 0.337 e. The van der Waals surface area contributed by atoms with Crippen molar-refractivity contribution in [1.82, 2.24) is 9.97 Å². The zero-order valence-corrected chi connectivity index (χ0v) is 14.4. The Labute approximate surface area is 126 Å². The van der Waals surface area contributed by atoms with E-state index in [1.807, 2.05) is 0 Å². The zero-order valence-electron chi connectivity index (χ0n) is 12.8. The van der Waals surface area contributed by atoms with Crippen molar-refractivity contribution in [2.24, 2.45) is 0 Å². The third kappa shape index (κ3) is 4.44. The molecule has 0 amide bonds. The number of hydrogen-bond donors (Lipinski definition) is 0. The SMILES string of the molecule is CCC(CC)N(CCBr)c1nc(C)cc(C(C)C)n1. The lowest BCUT2D eigenvalue weighted by Gasteiger charge is -2.30. The second-order valence-electron chi connectivity index (χ2n) is 5.24. The molecule has 0 aliphatic rings. The Morgan fingerprint density at radius 3 is 2.32 bits per heavy atom. The number of alkyl halides is 1. The quantitative estimate of drug-likeness (QED) is 0.699. The number of anilines is 1. The van der Waals surface area contributed by atoms with Gasteiger partial charge < -0.3 is 4.90 Å². The first-order chi connectivity index (χ1) is 9.03. The van der Waals surface area contributed by atoms with Crippen molar-refractivity contribution in [2.75, 3.05) is 16.8 Å². The fourth-order valence-corrected chi connectivity index (χ4v) is 2.65. The summed E-state index contributed by atoms with van der Waals surface area (Å²) in [6.45, 7) is 11.8. The molecule has 1 aromatic rings. The van der Waals surface area contributed by atoms with E-state index >= 15 is 0 Å². The van der Waals surface area contributed by atoms with Crippen LogP contribution in [0.1, 0.15) is 57.8 Å². The Morgan fingerprint density at radius 1 is 1.21 bits per heavy atom. The van der Waals surface area contributed by atoms with Gasteiger partial charge in [0.05, 0.1) is 0 Å². The summed E-state index contributed by atoms with van der Waals surface area (Å²) in [6.07, 6.45) is 2.25. The highest BCUT2D eigenvalue weighted by Crippen LogP contribution is 2.20. The highest BCUT2D eigenvalue weighted by Gasteiger charge is 2.19. The van der Waals surface area contributed by atoms with E-state index in [1.165, 1.54) is 0 Å². The number of hydrogen-bond acceptors (Lipinski definition) is 3. The summed E-state index contributed by atoms with van der Waals surface area (Å²) in [5.41, 5.74) is 2.19. The highest BCUT2D eigenvalue weighted by molar-refractivity contribution is 9.09. The van der Waals surface area contributed by atoms with Gasteiger partial charge in [-0.2, -0.15) is 0 Å². The molecule has 0 saturated carbocycles. The molecule has 0 radical (unpaired) electrons. The van der Waals surface area contributed by atoms with Gasteiger partial charge in [0.2, 0.25) is 5.95 Å². The predicted molar refractivity (Wildman–Crippen MR) is 86.4 cm³/mol. The van der Waals surface area contributed by atoms with Gasteiger partial charge in [0, 0.05) is 29.3 Å². The second kappa shape index (κ2) is 7.83. The summed E-state index contributed by atoms with van der Waals surface area (Å²) in [7, 11) is 0. The summed E-state index contributed by atoms with van der Waals surface area (Å²) < 4.78 is 0. The smallest absolute Gasteiger partial charge is 0.226 e. The van der Waals surface area contributed by atoms with Crippen LogP contribution in [-0.2, 0) is 0 Å². The van der Waals surface area contributed by atoms with Gasteiger partial charge in [0.25, 0.3) is 0 Å². The van der Waals surface area contributed by atoms with E-state index in [1.54, 1.807) is 0 Å². The molecule has 0 fully saturated rings. The summed E-state index contributed by atoms with van der Waals surface area (Å²) in [6, 6.07) is 2.60. The summed E-state index contributed by atoms with van der Waals surface area (Å²) in [4.78, 5) is 11.7. The standard InChI is InChI=1S/C15H26BrN3/c1-6-13(7-2)19(9-8-16)15-17-12(5)10-14(18-15)11(3)4/h10-11,13H,6-9H2,1-5H3. The molecule has 0 aliphatic carbocycles. The van der Waals surface area contributed by atoms with Crippen LogP contribution in [0, 0.1) is 6.92 Å². The summed E-state index contributed by atoms with van der Waals surface area (Å²) in [5.74, 6) is 1.32. The van der Waals surface area contributed by atoms with E-state index < -0.39 is 0 Å². The first kappa shape index (κ1) is 16.4. The minimum Gasteiger partial charge on any atom is -0.337 e. The van der Waals surface area contributed by atoms with Crippen molar-refractivity contribution in [2.45, 2.75) is 59.4 Å². The van der Waals surface area contributed by atoms with Crippen molar-refractivity contribution in [3.8, 4) is 0 Å². The van der Waals surface area contributed by atoms with Crippen molar-refractivity contribution in [1.29, 1.82) is 0 Å². The van der Waals surface area contributed by atoms with Crippen molar-refractivity contribution in [3.63, 3.8) is 0 Å². The lowest BCUT2D eigenvalue weighted by Crippen LogP contribution is -2.37. The number of nitrogens with zero attached hydrogens (tertiary/aromatic N) is 3. The Kier molecular flexibility index (Phi) is 6.76. The van der Waals surface area contributed by atoms with Crippen LogP contribution in [0.3, 0.4) is 0 Å². The molecule has 0 unspecified atom stereocenters. The number of aromatic nitrogens is 2. The van der Waals surface area contributed by atoms with Gasteiger partial charge in [0.15, 0.2) is 0 Å². The first-order valence-electron chi connectivity index (χ1n) is 7.21. The van der Waals surface area contributed by atoms with Crippen LogP contribution < -0.4 is 4.90 Å². The van der Waals surface area contributed by atoms with Gasteiger partial charge in [-0.1, -0.05) is 43.6 Å². The Hall–Kier alpha value is -0.640. The molecule has 0 bridgehead atoms. The fourth-order valence-electron chi connectivity index (χ4n) is 2.27. The molecule has 1 heterocycles. The molecule has 4 heteroatoms. The molecule has 0 atom stereocenters. The Morgan fingerprint density at radius 2 is 1.84 bits per heavy atom. The molecule has 0 N–H and O–H groups in total. The molecular formula is C15H26BrN3. The summed E-state index contributed by atoms with van der Waals surface area (Å²) >= 11 is 3.54. The van der Waals surface area contributed by atoms with Crippen LogP contribution >= 0.6 is 15.9 Å². The minimum atomic E-state index is 0.438. The maximum atomic E-state index is 4.76. The van der Waals surface area contributed by atoms with Gasteiger partial charge in [-0.15, -0.1) is 0 Å². The monoisotopic (exact) mass is 327 g/mol. The average molecular weight is 328 g/mol. The van der Waals surface area contributed by atoms with Crippen LogP contribution in [0.5, 0.6) is 0 Å². The van der Waals surface area contributed by atoms with Gasteiger partial charge in [0.1, 0.15) is 0 Å². The highest BCUT2D eigenvalue weighted by atomic mass is 79.9. The summed E-state index contributed by atoms with van der Waals surface area (Å²) in [5, 5.41) is 0.942. The van der Waals surface area contributed by atoms with Gasteiger partial charge in [-0.3, -0.25) is 0 Å². The lowest BCUT2D eigenvalue weighted by atomic mass is 10.1. The normalized spacial score (nSPS) is 11.4. The molecule has 0 aromatic carbocycles. The molecule has 1 rings (SSSR count). The number of aryl methyl sites for hydroxylation is 1. The molecule has 19 heavy (non-hydrogen) atoms. The topological polar surface area (TPSA) is 29.0 Å². The predicted octanol–water partition coefficient (Wildman–Crippen LogP) is 4.30. The second-order valence-corrected chi connectivity index (χ2v) is 6.03. The fraction of sp³-hybridized carbons (Fsp3) is 0.733. The number of halogens is 1. The first-order valence-corrected chi connectivity index (χ1v) is 8.33. The van der Waals surface area contributed by atoms with Crippen LogP contribution in [0.2, 0.25) is 0 Å². The van der Waals surface area contributed by atoms with E-state index in [0.717, 1.165) is 42.1 Å². The molecule has 1 aromatic heterocycles. The van der Waals surface area contributed by atoms with Gasteiger partial charge in [-0.05, 0) is 31.7 Å². The van der Waals surface area contributed by atoms with Crippen LogP contribution in [0.25, 0.3) is 0 Å². The Bertz CT molecular complexity index is 389. The molecular weight excluding hydrogens is 302 g/mol. The van der Waals surface area contributed by atoms with E-state index in [0.29, 0.717) is 12.0 Å². The van der Waals surface area contributed by atoms with E-state index in [2.05, 4.69) is 66.5 Å². The van der Waals surface area contributed by atoms with Crippen LogP contribution in [-0.4, -0.2) is 27.9 Å². The molecule has 3 nitrogen and oxygen atoms in total. The van der Waals surface area contributed by atoms with Crippen molar-refractivity contribution < 1.29 is 0 Å². The van der Waals surface area contributed by atoms with Crippen LogP contribution in [0.15, 0.2) is 6.07 Å². The maximum absolute atomic E-state index is 4.76.